The molecule has 168 valence electrons. The van der Waals surface area contributed by atoms with Crippen molar-refractivity contribution in [2.24, 2.45) is 0 Å². The number of rotatable bonds is 2. The molecule has 1 heterocycles. The van der Waals surface area contributed by atoms with Crippen LogP contribution >= 0.6 is 11.6 Å². The summed E-state index contributed by atoms with van der Waals surface area (Å²) in [4.78, 5) is 8.21. The van der Waals surface area contributed by atoms with Crippen molar-refractivity contribution in [3.63, 3.8) is 0 Å². The largest absolute Gasteiger partial charge is 0.506 e. The zero-order valence-electron chi connectivity index (χ0n) is 16.8. The summed E-state index contributed by atoms with van der Waals surface area (Å²) in [6.45, 7) is 1.61. The van der Waals surface area contributed by atoms with E-state index in [-0.39, 0.29) is 27.5 Å². The molecule has 0 aliphatic heterocycles. The number of halogens is 5. The number of aromatic hydroxyl groups is 1. The maximum atomic E-state index is 14.3. The number of fused-ring (bicyclic) bond motifs is 3. The second-order valence-corrected chi connectivity index (χ2v) is 9.03. The van der Waals surface area contributed by atoms with Crippen LogP contribution in [0, 0.1) is 12.7 Å². The van der Waals surface area contributed by atoms with Crippen LogP contribution in [0.15, 0.2) is 30.5 Å². The average molecular weight is 468 g/mol. The molecule has 2 aromatic carbocycles. The lowest BCUT2D eigenvalue weighted by Crippen LogP contribution is -2.57. The topological polar surface area (TPSA) is 78.3 Å². The van der Waals surface area contributed by atoms with Gasteiger partial charge in [0.2, 0.25) is 0 Å². The van der Waals surface area contributed by atoms with Crippen molar-refractivity contribution in [1.82, 2.24) is 9.97 Å². The molecule has 5 nitrogen and oxygen atoms in total. The Morgan fingerprint density at radius 3 is 2.59 bits per heavy atom. The van der Waals surface area contributed by atoms with Crippen LogP contribution in [0.2, 0.25) is 5.02 Å². The molecule has 1 aromatic heterocycles. The van der Waals surface area contributed by atoms with Gasteiger partial charge in [0.1, 0.15) is 17.4 Å². The first-order chi connectivity index (χ1) is 14.9. The number of benzene rings is 2. The summed E-state index contributed by atoms with van der Waals surface area (Å²) in [6, 6.07) is 3.13. The van der Waals surface area contributed by atoms with Gasteiger partial charge in [0.25, 0.3) is 0 Å². The Labute approximate surface area is 185 Å². The second kappa shape index (κ2) is 6.68. The Hall–Kier alpha value is -2.65. The number of phenolic OH excluding ortho intramolecular Hbond substituents is 1. The maximum Gasteiger partial charge on any atom is 0.419 e. The van der Waals surface area contributed by atoms with E-state index < -0.39 is 35.5 Å². The number of aromatic nitrogens is 2. The van der Waals surface area contributed by atoms with E-state index in [4.69, 9.17) is 11.6 Å². The molecule has 3 aromatic rings. The van der Waals surface area contributed by atoms with Crippen molar-refractivity contribution in [1.29, 1.82) is 0 Å². The number of hydrogen-bond acceptors (Lipinski definition) is 5. The van der Waals surface area contributed by atoms with Crippen LogP contribution in [0.5, 0.6) is 5.75 Å². The molecule has 3 N–H and O–H groups in total. The van der Waals surface area contributed by atoms with Gasteiger partial charge in [-0.05, 0) is 43.9 Å². The highest BCUT2D eigenvalue weighted by atomic mass is 35.5. The minimum absolute atomic E-state index is 0.000174. The summed E-state index contributed by atoms with van der Waals surface area (Å²) in [5.74, 6) is -0.623. The highest BCUT2D eigenvalue weighted by Crippen LogP contribution is 2.65. The molecule has 2 atom stereocenters. The summed E-state index contributed by atoms with van der Waals surface area (Å²) < 4.78 is 57.2. The highest BCUT2D eigenvalue weighted by molar-refractivity contribution is 6.32. The molecule has 2 aliphatic rings. The Morgan fingerprint density at radius 1 is 1.22 bits per heavy atom. The normalized spacial score (nSPS) is 23.9. The highest BCUT2D eigenvalue weighted by Gasteiger charge is 2.68. The molecule has 0 unspecified atom stereocenters. The minimum atomic E-state index is -5.00. The smallest absolute Gasteiger partial charge is 0.419 e. The summed E-state index contributed by atoms with van der Waals surface area (Å²) in [5.41, 5.74) is -3.60. The predicted octanol–water partition coefficient (Wildman–Crippen LogP) is 5.32. The van der Waals surface area contributed by atoms with Gasteiger partial charge in [0.05, 0.1) is 16.6 Å². The van der Waals surface area contributed by atoms with Gasteiger partial charge < -0.3 is 15.5 Å². The number of aliphatic hydroxyl groups is 1. The molecule has 5 rings (SSSR count). The SMILES string of the molecule is Cc1ncc2c(N[C@H]3c4ccc(Cl)c(O)c4C4(CC4)C[C@@]3(O)C(F)(F)F)cc(F)cc2n1. The number of alkyl halides is 3. The van der Waals surface area contributed by atoms with Crippen molar-refractivity contribution in [3.05, 3.63) is 58.3 Å². The average Bonchev–Trinajstić information content (AvgIpc) is 3.45. The third-order valence-electron chi connectivity index (χ3n) is 6.52. The molecule has 1 fully saturated rings. The molecule has 0 amide bonds. The summed E-state index contributed by atoms with van der Waals surface area (Å²) in [5, 5.41) is 24.7. The molecule has 0 saturated heterocycles. The summed E-state index contributed by atoms with van der Waals surface area (Å²) in [6.07, 6.45) is -3.49. The lowest BCUT2D eigenvalue weighted by molar-refractivity contribution is -0.274. The number of anilines is 1. The zero-order valence-corrected chi connectivity index (χ0v) is 17.5. The third-order valence-corrected chi connectivity index (χ3v) is 6.82. The zero-order chi connectivity index (χ0) is 23.1. The molecular weight excluding hydrogens is 450 g/mol. The first-order valence-electron chi connectivity index (χ1n) is 9.96. The molecule has 0 radical (unpaired) electrons. The van der Waals surface area contributed by atoms with E-state index >= 15 is 0 Å². The molecule has 1 spiro atoms. The summed E-state index contributed by atoms with van der Waals surface area (Å²) >= 11 is 6.06. The Kier molecular flexibility index (Phi) is 4.43. The number of phenols is 1. The van der Waals surface area contributed by atoms with Crippen LogP contribution < -0.4 is 5.32 Å². The van der Waals surface area contributed by atoms with E-state index in [0.29, 0.717) is 29.6 Å². The van der Waals surface area contributed by atoms with Gasteiger partial charge >= 0.3 is 6.18 Å². The Morgan fingerprint density at radius 2 is 1.94 bits per heavy atom. The summed E-state index contributed by atoms with van der Waals surface area (Å²) in [7, 11) is 0. The van der Waals surface area contributed by atoms with E-state index in [9.17, 15) is 27.8 Å². The van der Waals surface area contributed by atoms with E-state index in [1.165, 1.54) is 18.3 Å². The minimum Gasteiger partial charge on any atom is -0.506 e. The van der Waals surface area contributed by atoms with Gasteiger partial charge in [-0.3, -0.25) is 0 Å². The van der Waals surface area contributed by atoms with Gasteiger partial charge in [-0.2, -0.15) is 13.2 Å². The maximum absolute atomic E-state index is 14.3. The van der Waals surface area contributed by atoms with Crippen molar-refractivity contribution in [3.8, 4) is 5.75 Å². The molecule has 10 heteroatoms. The Balaban J connectivity index is 1.73. The first-order valence-corrected chi connectivity index (χ1v) is 10.3. The van der Waals surface area contributed by atoms with E-state index in [1.807, 2.05) is 0 Å². The van der Waals surface area contributed by atoms with Crippen LogP contribution in [0.25, 0.3) is 10.9 Å². The van der Waals surface area contributed by atoms with E-state index in [0.717, 1.165) is 12.1 Å². The molecule has 32 heavy (non-hydrogen) atoms. The number of aryl methyl sites for hydroxylation is 1. The van der Waals surface area contributed by atoms with Crippen LogP contribution in [0.3, 0.4) is 0 Å². The van der Waals surface area contributed by atoms with Crippen LogP contribution in [-0.2, 0) is 5.41 Å². The van der Waals surface area contributed by atoms with Gasteiger partial charge in [0, 0.05) is 34.3 Å². The van der Waals surface area contributed by atoms with Crippen molar-refractivity contribution >= 4 is 28.2 Å². The molecular formula is C22H18ClF4N3O2. The van der Waals surface area contributed by atoms with Crippen molar-refractivity contribution in [2.75, 3.05) is 5.32 Å². The second-order valence-electron chi connectivity index (χ2n) is 8.62. The van der Waals surface area contributed by atoms with Crippen LogP contribution in [0.1, 0.15) is 42.3 Å². The van der Waals surface area contributed by atoms with Crippen LogP contribution in [-0.4, -0.2) is 32.0 Å². The van der Waals surface area contributed by atoms with Crippen molar-refractivity contribution < 1.29 is 27.8 Å². The molecule has 2 aliphatic carbocycles. The van der Waals surface area contributed by atoms with Gasteiger partial charge in [-0.15, -0.1) is 0 Å². The van der Waals surface area contributed by atoms with E-state index in [1.54, 1.807) is 6.92 Å². The third kappa shape index (κ3) is 3.02. The number of nitrogens with zero attached hydrogens (tertiary/aromatic N) is 2. The number of hydrogen-bond donors (Lipinski definition) is 3. The lowest BCUT2D eigenvalue weighted by atomic mass is 9.68. The monoisotopic (exact) mass is 467 g/mol. The Bertz CT molecular complexity index is 1260. The van der Waals surface area contributed by atoms with Gasteiger partial charge in [-0.25, -0.2) is 14.4 Å². The fraction of sp³-hybridized carbons (Fsp3) is 0.364. The lowest BCUT2D eigenvalue weighted by Gasteiger charge is -2.46. The standard InChI is InChI=1S/C22H18ClF4N3O2/c1-10-28-8-13-15(29-10)6-11(24)7-16(13)30-19-12-2-3-14(23)18(31)17(12)20(4-5-20)9-21(19,32)22(25,26)27/h2-3,6-8,19,30-32H,4-5,9H2,1H3/t19-,21-/m0/s1. The fourth-order valence-electron chi connectivity index (χ4n) is 4.85. The quantitative estimate of drug-likeness (QED) is 0.445. The number of nitrogens with one attached hydrogen (secondary N) is 1. The predicted molar refractivity (Wildman–Crippen MR) is 110 cm³/mol. The molecule has 0 bridgehead atoms. The fourth-order valence-corrected chi connectivity index (χ4v) is 5.01. The van der Waals surface area contributed by atoms with Gasteiger partial charge in [0.15, 0.2) is 5.60 Å². The van der Waals surface area contributed by atoms with Crippen molar-refractivity contribution in [2.45, 2.75) is 49.4 Å². The van der Waals surface area contributed by atoms with Crippen LogP contribution in [0.4, 0.5) is 23.2 Å². The first kappa shape index (κ1) is 21.2. The van der Waals surface area contributed by atoms with E-state index in [2.05, 4.69) is 15.3 Å². The van der Waals surface area contributed by atoms with Gasteiger partial charge in [-0.1, -0.05) is 17.7 Å². The molecule has 1 saturated carbocycles.